The molecule has 110 valence electrons. The van der Waals surface area contributed by atoms with Gasteiger partial charge in [-0.1, -0.05) is 60.9 Å². The van der Waals surface area contributed by atoms with E-state index in [1.165, 1.54) is 16.7 Å². The van der Waals surface area contributed by atoms with E-state index >= 15 is 0 Å². The summed E-state index contributed by atoms with van der Waals surface area (Å²) in [5, 5.41) is 0. The quantitative estimate of drug-likeness (QED) is 0.623. The number of carbonyl (C=O) groups excluding carboxylic acids is 1. The first-order valence-corrected chi connectivity index (χ1v) is 7.83. The molecule has 3 rings (SSSR count). The number of hydrogen-bond acceptors (Lipinski definition) is 4. The smallest absolute Gasteiger partial charge is 0.270 e. The normalized spacial score (nSPS) is 14.6. The molecule has 3 nitrogen and oxygen atoms in total. The molecule has 2 aromatic rings. The topological polar surface area (TPSA) is 29.5 Å². The molecule has 0 unspecified atom stereocenters. The third-order valence-corrected chi connectivity index (χ3v) is 4.57. The zero-order valence-corrected chi connectivity index (χ0v) is 13.5. The Morgan fingerprint density at radius 2 is 1.95 bits per heavy atom. The Morgan fingerprint density at radius 1 is 1.18 bits per heavy atom. The fourth-order valence-electron chi connectivity index (χ4n) is 2.32. The number of anilines is 1. The minimum absolute atomic E-state index is 0.160. The van der Waals surface area contributed by atoms with E-state index in [4.69, 9.17) is 17.0 Å². The number of rotatable bonds is 3. The number of benzene rings is 2. The van der Waals surface area contributed by atoms with Crippen molar-refractivity contribution in [2.24, 2.45) is 0 Å². The van der Waals surface area contributed by atoms with Crippen molar-refractivity contribution in [1.82, 2.24) is 0 Å². The number of para-hydroxylation sites is 1. The van der Waals surface area contributed by atoms with E-state index in [2.05, 4.69) is 6.58 Å². The van der Waals surface area contributed by atoms with Crippen LogP contribution in [0.5, 0.6) is 5.75 Å². The average Bonchev–Trinajstić information content (AvgIpc) is 2.80. The summed E-state index contributed by atoms with van der Waals surface area (Å²) in [6.45, 7) is 3.73. The highest BCUT2D eigenvalue weighted by molar-refractivity contribution is 8.27. The predicted octanol–water partition coefficient (Wildman–Crippen LogP) is 4.24. The van der Waals surface area contributed by atoms with Gasteiger partial charge in [0.2, 0.25) is 0 Å². The fourth-order valence-corrected chi connectivity index (χ4v) is 3.48. The van der Waals surface area contributed by atoms with E-state index in [-0.39, 0.29) is 5.91 Å². The zero-order valence-electron chi connectivity index (χ0n) is 11.9. The summed E-state index contributed by atoms with van der Waals surface area (Å²) >= 11 is 6.50. The van der Waals surface area contributed by atoms with Crippen molar-refractivity contribution in [3.63, 3.8) is 0 Å². The maximum Gasteiger partial charge on any atom is 0.270 e. The molecule has 1 aliphatic heterocycles. The van der Waals surface area contributed by atoms with Crippen molar-refractivity contribution in [3.8, 4) is 16.9 Å². The van der Waals surface area contributed by atoms with E-state index in [0.29, 0.717) is 9.23 Å². The lowest BCUT2D eigenvalue weighted by molar-refractivity contribution is -0.113. The summed E-state index contributed by atoms with van der Waals surface area (Å²) in [6, 6.07) is 15.4. The standard InChI is InChI=1S/C17H13NO2S2/c1-11-16(19)18(17(21)22-11)13-7-5-6-12(10-13)14-8-3-4-9-15(14)20-2/h3-10H,1H2,2H3. The van der Waals surface area contributed by atoms with Crippen molar-refractivity contribution < 1.29 is 9.53 Å². The van der Waals surface area contributed by atoms with Gasteiger partial charge in [0.25, 0.3) is 5.91 Å². The number of methoxy groups -OCH3 is 1. The molecule has 0 N–H and O–H groups in total. The van der Waals surface area contributed by atoms with Crippen LogP contribution in [0.1, 0.15) is 0 Å². The molecule has 1 aliphatic rings. The Hall–Kier alpha value is -2.11. The van der Waals surface area contributed by atoms with Crippen LogP contribution in [0.15, 0.2) is 60.0 Å². The minimum atomic E-state index is -0.160. The molecule has 1 heterocycles. The molecule has 5 heteroatoms. The average molecular weight is 327 g/mol. The lowest BCUT2D eigenvalue weighted by atomic mass is 10.0. The maximum absolute atomic E-state index is 12.2. The third-order valence-electron chi connectivity index (χ3n) is 3.36. The molecular formula is C17H13NO2S2. The number of nitrogens with zero attached hydrogens (tertiary/aromatic N) is 1. The molecule has 1 fully saturated rings. The summed E-state index contributed by atoms with van der Waals surface area (Å²) in [5.41, 5.74) is 2.67. The van der Waals surface area contributed by atoms with Gasteiger partial charge in [0, 0.05) is 5.56 Å². The Morgan fingerprint density at radius 3 is 2.64 bits per heavy atom. The van der Waals surface area contributed by atoms with Crippen LogP contribution in [0.3, 0.4) is 0 Å². The molecule has 0 spiro atoms. The van der Waals surface area contributed by atoms with E-state index in [0.717, 1.165) is 22.6 Å². The fraction of sp³-hybridized carbons (Fsp3) is 0.0588. The largest absolute Gasteiger partial charge is 0.496 e. The number of hydrogen-bond donors (Lipinski definition) is 0. The second-order valence-corrected chi connectivity index (χ2v) is 6.41. The van der Waals surface area contributed by atoms with Crippen molar-refractivity contribution in [3.05, 3.63) is 60.0 Å². The third kappa shape index (κ3) is 2.53. The number of carbonyl (C=O) groups is 1. The second-order valence-electron chi connectivity index (χ2n) is 4.68. The van der Waals surface area contributed by atoms with Gasteiger partial charge >= 0.3 is 0 Å². The first kappa shape index (κ1) is 14.8. The highest BCUT2D eigenvalue weighted by Crippen LogP contribution is 2.36. The predicted molar refractivity (Wildman–Crippen MR) is 95.2 cm³/mol. The van der Waals surface area contributed by atoms with Crippen molar-refractivity contribution in [2.75, 3.05) is 12.0 Å². The molecule has 0 saturated carbocycles. The van der Waals surface area contributed by atoms with Crippen LogP contribution in [0.25, 0.3) is 11.1 Å². The first-order chi connectivity index (χ1) is 10.6. The van der Waals surface area contributed by atoms with Gasteiger partial charge in [-0.05, 0) is 23.8 Å². The summed E-state index contributed by atoms with van der Waals surface area (Å²) in [4.78, 5) is 14.1. The molecular weight excluding hydrogens is 314 g/mol. The monoisotopic (exact) mass is 327 g/mol. The van der Waals surface area contributed by atoms with Gasteiger partial charge in [0.1, 0.15) is 5.75 Å². The van der Waals surface area contributed by atoms with Gasteiger partial charge in [0.15, 0.2) is 4.32 Å². The Kier molecular flexibility index (Phi) is 4.00. The summed E-state index contributed by atoms with van der Waals surface area (Å²) < 4.78 is 5.91. The lowest BCUT2D eigenvalue weighted by Crippen LogP contribution is -2.27. The first-order valence-electron chi connectivity index (χ1n) is 6.60. The van der Waals surface area contributed by atoms with Gasteiger partial charge in [-0.2, -0.15) is 0 Å². The molecule has 0 radical (unpaired) electrons. The van der Waals surface area contributed by atoms with Crippen LogP contribution in [0.4, 0.5) is 5.69 Å². The van der Waals surface area contributed by atoms with Gasteiger partial charge in [-0.3, -0.25) is 9.69 Å². The molecule has 1 amide bonds. The zero-order chi connectivity index (χ0) is 15.7. The van der Waals surface area contributed by atoms with E-state index in [1.54, 1.807) is 7.11 Å². The second kappa shape index (κ2) is 5.94. The lowest BCUT2D eigenvalue weighted by Gasteiger charge is -2.16. The minimum Gasteiger partial charge on any atom is -0.496 e. The van der Waals surface area contributed by atoms with Gasteiger partial charge in [-0.15, -0.1) is 0 Å². The van der Waals surface area contributed by atoms with Crippen LogP contribution < -0.4 is 9.64 Å². The van der Waals surface area contributed by atoms with E-state index in [1.807, 2.05) is 48.5 Å². The van der Waals surface area contributed by atoms with Crippen LogP contribution >= 0.6 is 24.0 Å². The van der Waals surface area contributed by atoms with Gasteiger partial charge in [-0.25, -0.2) is 0 Å². The summed E-state index contributed by atoms with van der Waals surface area (Å²) in [6.07, 6.45) is 0. The number of amides is 1. The number of ether oxygens (including phenoxy) is 1. The molecule has 2 aromatic carbocycles. The van der Waals surface area contributed by atoms with Gasteiger partial charge < -0.3 is 4.74 Å². The Labute approximate surface area is 138 Å². The van der Waals surface area contributed by atoms with Gasteiger partial charge in [0.05, 0.1) is 17.7 Å². The highest BCUT2D eigenvalue weighted by Gasteiger charge is 2.32. The van der Waals surface area contributed by atoms with Crippen molar-refractivity contribution in [2.45, 2.75) is 0 Å². The molecule has 22 heavy (non-hydrogen) atoms. The van der Waals surface area contributed by atoms with Crippen molar-refractivity contribution >= 4 is 39.9 Å². The highest BCUT2D eigenvalue weighted by atomic mass is 32.2. The molecule has 0 bridgehead atoms. The van der Waals surface area contributed by atoms with Crippen LogP contribution in [-0.4, -0.2) is 17.3 Å². The van der Waals surface area contributed by atoms with Crippen LogP contribution in [0.2, 0.25) is 0 Å². The Balaban J connectivity index is 2.05. The number of thiocarbonyl (C=S) groups is 1. The molecule has 1 saturated heterocycles. The SMILES string of the molecule is C=C1SC(=S)N(c2cccc(-c3ccccc3OC)c2)C1=O. The van der Waals surface area contributed by atoms with Crippen LogP contribution in [-0.2, 0) is 4.79 Å². The molecule has 0 aromatic heterocycles. The Bertz CT molecular complexity index is 786. The summed E-state index contributed by atoms with van der Waals surface area (Å²) in [5.74, 6) is 0.626. The van der Waals surface area contributed by atoms with E-state index < -0.39 is 0 Å². The van der Waals surface area contributed by atoms with Crippen molar-refractivity contribution in [1.29, 1.82) is 0 Å². The van der Waals surface area contributed by atoms with Crippen LogP contribution in [0, 0.1) is 0 Å². The van der Waals surface area contributed by atoms with E-state index in [9.17, 15) is 4.79 Å². The molecule has 0 aliphatic carbocycles. The summed E-state index contributed by atoms with van der Waals surface area (Å²) in [7, 11) is 1.64. The number of thioether (sulfide) groups is 1. The molecule has 0 atom stereocenters. The maximum atomic E-state index is 12.2.